The van der Waals surface area contributed by atoms with E-state index >= 15 is 0 Å². The predicted molar refractivity (Wildman–Crippen MR) is 61.8 cm³/mol. The minimum Gasteiger partial charge on any atom is -0.398 e. The highest BCUT2D eigenvalue weighted by molar-refractivity contribution is 9.10. The van der Waals surface area contributed by atoms with E-state index in [1.165, 1.54) is 0 Å². The molecular formula is C10H15BrN2O. The van der Waals surface area contributed by atoms with Crippen molar-refractivity contribution in [1.82, 2.24) is 0 Å². The molecule has 0 aliphatic heterocycles. The lowest BCUT2D eigenvalue weighted by Gasteiger charge is -2.13. The molecule has 1 aromatic carbocycles. The van der Waals surface area contributed by atoms with E-state index in [0.29, 0.717) is 18.7 Å². The average Bonchev–Trinajstić information content (AvgIpc) is 2.18. The second-order valence-electron chi connectivity index (χ2n) is 3.22. The second kappa shape index (κ2) is 5.34. The summed E-state index contributed by atoms with van der Waals surface area (Å²) in [5, 5.41) is 9.80. The molecule has 1 atom stereocenters. The van der Waals surface area contributed by atoms with Gasteiger partial charge in [0.2, 0.25) is 0 Å². The zero-order valence-corrected chi connectivity index (χ0v) is 9.50. The number of aliphatic hydroxyl groups excluding tert-OH is 1. The summed E-state index contributed by atoms with van der Waals surface area (Å²) >= 11 is 3.34. The number of anilines is 1. The Kier molecular flexibility index (Phi) is 4.38. The molecule has 0 saturated carbocycles. The van der Waals surface area contributed by atoms with E-state index in [0.717, 1.165) is 16.5 Å². The molecule has 0 bridgehead atoms. The minimum atomic E-state index is -0.518. The Morgan fingerprint density at radius 2 is 2.14 bits per heavy atom. The molecule has 1 unspecified atom stereocenters. The van der Waals surface area contributed by atoms with Crippen LogP contribution in [0.4, 0.5) is 5.69 Å². The molecule has 5 N–H and O–H groups in total. The number of halogens is 1. The third kappa shape index (κ3) is 2.97. The van der Waals surface area contributed by atoms with E-state index in [4.69, 9.17) is 11.5 Å². The maximum atomic E-state index is 9.80. The molecule has 78 valence electrons. The molecule has 1 rings (SSSR count). The van der Waals surface area contributed by atoms with Gasteiger partial charge in [0.05, 0.1) is 6.10 Å². The van der Waals surface area contributed by atoms with Crippen molar-refractivity contribution in [3.63, 3.8) is 0 Å². The summed E-state index contributed by atoms with van der Waals surface area (Å²) in [5.41, 5.74) is 12.5. The molecule has 0 aliphatic rings. The van der Waals surface area contributed by atoms with Gasteiger partial charge in [-0.2, -0.15) is 0 Å². The number of nitrogen functional groups attached to an aromatic ring is 1. The molecular weight excluding hydrogens is 244 g/mol. The SMILES string of the molecule is NCCCC(O)c1cc(Br)ccc1N. The van der Waals surface area contributed by atoms with Crippen LogP contribution < -0.4 is 11.5 Å². The lowest BCUT2D eigenvalue weighted by Crippen LogP contribution is -2.06. The van der Waals surface area contributed by atoms with Crippen LogP contribution in [0.2, 0.25) is 0 Å². The summed E-state index contributed by atoms with van der Waals surface area (Å²) in [6, 6.07) is 5.48. The lowest BCUT2D eigenvalue weighted by molar-refractivity contribution is 0.166. The van der Waals surface area contributed by atoms with Gasteiger partial charge < -0.3 is 16.6 Å². The van der Waals surface area contributed by atoms with Gasteiger partial charge in [0, 0.05) is 15.7 Å². The van der Waals surface area contributed by atoms with Crippen LogP contribution >= 0.6 is 15.9 Å². The monoisotopic (exact) mass is 258 g/mol. The van der Waals surface area contributed by atoms with Gasteiger partial charge in [0.25, 0.3) is 0 Å². The quantitative estimate of drug-likeness (QED) is 0.722. The zero-order valence-electron chi connectivity index (χ0n) is 7.91. The van der Waals surface area contributed by atoms with Gasteiger partial charge in [-0.05, 0) is 37.6 Å². The van der Waals surface area contributed by atoms with Gasteiger partial charge in [-0.25, -0.2) is 0 Å². The van der Waals surface area contributed by atoms with Crippen LogP contribution in [0.1, 0.15) is 24.5 Å². The Bertz CT molecular complexity index is 304. The van der Waals surface area contributed by atoms with Crippen LogP contribution in [0.15, 0.2) is 22.7 Å². The Morgan fingerprint density at radius 1 is 1.43 bits per heavy atom. The van der Waals surface area contributed by atoms with Crippen molar-refractivity contribution in [2.45, 2.75) is 18.9 Å². The number of hydrogen-bond donors (Lipinski definition) is 3. The Hall–Kier alpha value is -0.580. The first kappa shape index (κ1) is 11.5. The third-order valence-corrected chi connectivity index (χ3v) is 2.58. The van der Waals surface area contributed by atoms with Crippen LogP contribution in [0.3, 0.4) is 0 Å². The minimum absolute atomic E-state index is 0.518. The lowest BCUT2D eigenvalue weighted by atomic mass is 10.0. The summed E-state index contributed by atoms with van der Waals surface area (Å²) in [6.45, 7) is 0.588. The number of aliphatic hydroxyl groups is 1. The van der Waals surface area contributed by atoms with E-state index in [2.05, 4.69) is 15.9 Å². The molecule has 0 spiro atoms. The molecule has 3 nitrogen and oxygen atoms in total. The molecule has 1 aromatic rings. The molecule has 0 amide bonds. The maximum Gasteiger partial charge on any atom is 0.0810 e. The van der Waals surface area contributed by atoms with E-state index in [-0.39, 0.29) is 0 Å². The van der Waals surface area contributed by atoms with Gasteiger partial charge in [-0.3, -0.25) is 0 Å². The number of nitrogens with two attached hydrogens (primary N) is 2. The van der Waals surface area contributed by atoms with Crippen LogP contribution in [0.25, 0.3) is 0 Å². The van der Waals surface area contributed by atoms with Crippen molar-refractivity contribution in [2.24, 2.45) is 5.73 Å². The molecule has 0 radical (unpaired) electrons. The topological polar surface area (TPSA) is 72.3 Å². The highest BCUT2D eigenvalue weighted by Gasteiger charge is 2.10. The first-order valence-electron chi connectivity index (χ1n) is 4.58. The molecule has 0 aromatic heterocycles. The summed E-state index contributed by atoms with van der Waals surface area (Å²) in [6.07, 6.45) is 0.931. The van der Waals surface area contributed by atoms with Gasteiger partial charge >= 0.3 is 0 Å². The Morgan fingerprint density at radius 3 is 2.79 bits per heavy atom. The van der Waals surface area contributed by atoms with Crippen LogP contribution in [0, 0.1) is 0 Å². The fourth-order valence-electron chi connectivity index (χ4n) is 1.30. The van der Waals surface area contributed by atoms with Gasteiger partial charge in [-0.15, -0.1) is 0 Å². The molecule has 0 heterocycles. The largest absolute Gasteiger partial charge is 0.398 e. The third-order valence-electron chi connectivity index (χ3n) is 2.09. The number of rotatable bonds is 4. The zero-order chi connectivity index (χ0) is 10.6. The molecule has 0 fully saturated rings. The highest BCUT2D eigenvalue weighted by atomic mass is 79.9. The van der Waals surface area contributed by atoms with Crippen molar-refractivity contribution in [3.8, 4) is 0 Å². The highest BCUT2D eigenvalue weighted by Crippen LogP contribution is 2.26. The van der Waals surface area contributed by atoms with Crippen molar-refractivity contribution in [1.29, 1.82) is 0 Å². The Balaban J connectivity index is 2.77. The smallest absolute Gasteiger partial charge is 0.0810 e. The first-order valence-corrected chi connectivity index (χ1v) is 5.37. The van der Waals surface area contributed by atoms with Crippen LogP contribution in [-0.2, 0) is 0 Å². The average molecular weight is 259 g/mol. The number of hydrogen-bond acceptors (Lipinski definition) is 3. The van der Waals surface area contributed by atoms with Gasteiger partial charge in [-0.1, -0.05) is 15.9 Å². The fourth-order valence-corrected chi connectivity index (χ4v) is 1.68. The first-order chi connectivity index (χ1) is 6.65. The van der Waals surface area contributed by atoms with Crippen molar-refractivity contribution in [2.75, 3.05) is 12.3 Å². The molecule has 14 heavy (non-hydrogen) atoms. The standard InChI is InChI=1S/C10H15BrN2O/c11-7-3-4-9(13)8(6-7)10(14)2-1-5-12/h3-4,6,10,14H,1-2,5,12-13H2. The second-order valence-corrected chi connectivity index (χ2v) is 4.14. The van der Waals surface area contributed by atoms with E-state index < -0.39 is 6.10 Å². The molecule has 0 aliphatic carbocycles. The van der Waals surface area contributed by atoms with Crippen molar-refractivity contribution < 1.29 is 5.11 Å². The van der Waals surface area contributed by atoms with Gasteiger partial charge in [0.15, 0.2) is 0 Å². The summed E-state index contributed by atoms with van der Waals surface area (Å²) in [4.78, 5) is 0. The van der Waals surface area contributed by atoms with Crippen LogP contribution in [-0.4, -0.2) is 11.7 Å². The van der Waals surface area contributed by atoms with E-state index in [1.807, 2.05) is 12.1 Å². The van der Waals surface area contributed by atoms with Crippen molar-refractivity contribution >= 4 is 21.6 Å². The molecule has 4 heteroatoms. The number of benzene rings is 1. The maximum absolute atomic E-state index is 9.80. The summed E-state index contributed by atoms with van der Waals surface area (Å²) < 4.78 is 0.925. The van der Waals surface area contributed by atoms with Crippen LogP contribution in [0.5, 0.6) is 0 Å². The fraction of sp³-hybridized carbons (Fsp3) is 0.400. The van der Waals surface area contributed by atoms with Crippen molar-refractivity contribution in [3.05, 3.63) is 28.2 Å². The Labute approximate surface area is 92.2 Å². The molecule has 0 saturated heterocycles. The van der Waals surface area contributed by atoms with E-state index in [1.54, 1.807) is 6.07 Å². The summed E-state index contributed by atoms with van der Waals surface area (Å²) in [7, 11) is 0. The predicted octanol–water partition coefficient (Wildman–Crippen LogP) is 1.80. The summed E-state index contributed by atoms with van der Waals surface area (Å²) in [5.74, 6) is 0. The van der Waals surface area contributed by atoms with Gasteiger partial charge in [0.1, 0.15) is 0 Å². The van der Waals surface area contributed by atoms with E-state index in [9.17, 15) is 5.11 Å². The normalized spacial score (nSPS) is 12.8.